The van der Waals surface area contributed by atoms with Crippen molar-refractivity contribution in [2.24, 2.45) is 0 Å². The number of nitrogens with zero attached hydrogens (tertiary/aromatic N) is 3. The molecule has 2 aromatic heterocycles. The summed E-state index contributed by atoms with van der Waals surface area (Å²) in [5.41, 5.74) is 1.52. The van der Waals surface area contributed by atoms with Crippen molar-refractivity contribution in [3.05, 3.63) is 57.5 Å². The second kappa shape index (κ2) is 6.77. The summed E-state index contributed by atoms with van der Waals surface area (Å²) in [6.45, 7) is 0. The number of benzene rings is 1. The Hall–Kier alpha value is -2.52. The van der Waals surface area contributed by atoms with Crippen molar-refractivity contribution in [3.63, 3.8) is 0 Å². The summed E-state index contributed by atoms with van der Waals surface area (Å²) in [6.07, 6.45) is -4.47. The number of nitrogens with one attached hydrogen (secondary N) is 1. The molecule has 10 heteroatoms. The van der Waals surface area contributed by atoms with E-state index in [0.717, 1.165) is 12.1 Å². The molecule has 1 N–H and O–H groups in total. The fourth-order valence-corrected chi connectivity index (χ4v) is 2.76. The van der Waals surface area contributed by atoms with Crippen molar-refractivity contribution in [2.75, 3.05) is 5.32 Å². The number of alkyl halides is 3. The number of aromatic nitrogens is 3. The maximum Gasteiger partial charge on any atom is 0.416 e. The monoisotopic (exact) mass is 384 g/mol. The third kappa shape index (κ3) is 3.94. The fraction of sp³-hybridized carbons (Fsp3) is 0.0667. The quantitative estimate of drug-likeness (QED) is 0.720. The van der Waals surface area contributed by atoms with Gasteiger partial charge in [0.15, 0.2) is 5.82 Å². The third-order valence-corrected chi connectivity index (χ3v) is 4.04. The van der Waals surface area contributed by atoms with Crippen LogP contribution in [0.5, 0.6) is 0 Å². The first-order valence-corrected chi connectivity index (χ1v) is 8.07. The maximum absolute atomic E-state index is 12.7. The van der Waals surface area contributed by atoms with Crippen LogP contribution in [0.4, 0.5) is 19.0 Å². The van der Waals surface area contributed by atoms with Crippen LogP contribution in [0, 0.1) is 0 Å². The van der Waals surface area contributed by atoms with Crippen molar-refractivity contribution in [1.29, 1.82) is 0 Å². The minimum absolute atomic E-state index is 0.0941. The Morgan fingerprint density at radius 1 is 1.16 bits per heavy atom. The first-order valence-electron chi connectivity index (χ1n) is 6.75. The number of anilines is 1. The van der Waals surface area contributed by atoms with Crippen molar-refractivity contribution >= 4 is 34.7 Å². The summed E-state index contributed by atoms with van der Waals surface area (Å²) in [5, 5.41) is 11.7. The van der Waals surface area contributed by atoms with E-state index in [1.54, 1.807) is 5.38 Å². The van der Waals surface area contributed by atoms with Gasteiger partial charge in [-0.15, -0.1) is 21.5 Å². The average molecular weight is 385 g/mol. The molecular formula is C15H8ClF3N4OS. The number of hydrogen-bond acceptors (Lipinski definition) is 5. The summed E-state index contributed by atoms with van der Waals surface area (Å²) in [6, 6.07) is 5.94. The van der Waals surface area contributed by atoms with Gasteiger partial charge < -0.3 is 5.32 Å². The van der Waals surface area contributed by atoms with Gasteiger partial charge in [0, 0.05) is 10.9 Å². The predicted molar refractivity (Wildman–Crippen MR) is 87.5 cm³/mol. The lowest BCUT2D eigenvalue weighted by molar-refractivity contribution is -0.137. The van der Waals surface area contributed by atoms with Crippen LogP contribution >= 0.6 is 22.9 Å². The molecule has 0 bridgehead atoms. The van der Waals surface area contributed by atoms with E-state index in [0.29, 0.717) is 5.56 Å². The van der Waals surface area contributed by atoms with E-state index in [1.165, 1.54) is 35.0 Å². The molecule has 0 aliphatic heterocycles. The molecule has 128 valence electrons. The minimum Gasteiger partial charge on any atom is -0.304 e. The Morgan fingerprint density at radius 2 is 1.96 bits per heavy atom. The Kier molecular flexibility index (Phi) is 4.69. The summed E-state index contributed by atoms with van der Waals surface area (Å²) in [4.78, 5) is 15.7. The smallest absolute Gasteiger partial charge is 0.304 e. The fourth-order valence-electron chi connectivity index (χ4n) is 1.95. The molecule has 0 aliphatic rings. The number of amides is 1. The molecule has 0 saturated heterocycles. The second-order valence-electron chi connectivity index (χ2n) is 4.82. The van der Waals surface area contributed by atoms with Gasteiger partial charge in [0.2, 0.25) is 0 Å². The van der Waals surface area contributed by atoms with Crippen LogP contribution in [-0.2, 0) is 6.18 Å². The average Bonchev–Trinajstić information content (AvgIpc) is 3.09. The normalized spacial score (nSPS) is 11.4. The third-order valence-electron chi connectivity index (χ3n) is 3.14. The van der Waals surface area contributed by atoms with Crippen molar-refractivity contribution in [1.82, 2.24) is 15.2 Å². The topological polar surface area (TPSA) is 67.8 Å². The van der Waals surface area contributed by atoms with E-state index in [-0.39, 0.29) is 22.2 Å². The van der Waals surface area contributed by atoms with Crippen LogP contribution in [0.2, 0.25) is 5.02 Å². The number of hydrogen-bond donors (Lipinski definition) is 1. The number of carbonyl (C=O) groups excluding carboxylic acids is 1. The number of halogens is 4. The highest BCUT2D eigenvalue weighted by atomic mass is 35.5. The Morgan fingerprint density at radius 3 is 2.52 bits per heavy atom. The zero-order valence-electron chi connectivity index (χ0n) is 12.2. The molecule has 3 aromatic rings. The second-order valence-corrected chi connectivity index (χ2v) is 5.95. The molecule has 0 saturated carbocycles. The van der Waals surface area contributed by atoms with Gasteiger partial charge in [-0.25, -0.2) is 4.98 Å². The molecular weight excluding hydrogens is 377 g/mol. The molecule has 0 unspecified atom stereocenters. The highest BCUT2D eigenvalue weighted by Gasteiger charge is 2.31. The van der Waals surface area contributed by atoms with Gasteiger partial charge in [-0.3, -0.25) is 4.79 Å². The first-order chi connectivity index (χ1) is 11.8. The lowest BCUT2D eigenvalue weighted by Crippen LogP contribution is -2.13. The number of thiazole rings is 1. The van der Waals surface area contributed by atoms with Gasteiger partial charge in [0.1, 0.15) is 5.69 Å². The van der Waals surface area contributed by atoms with Crippen LogP contribution in [0.25, 0.3) is 11.3 Å². The molecule has 3 rings (SSSR count). The van der Waals surface area contributed by atoms with Gasteiger partial charge in [-0.1, -0.05) is 17.7 Å². The Balaban J connectivity index is 1.80. The molecule has 0 atom stereocenters. The molecule has 0 aliphatic carbocycles. The first kappa shape index (κ1) is 17.3. The van der Waals surface area contributed by atoms with E-state index in [9.17, 15) is 18.0 Å². The zero-order valence-corrected chi connectivity index (χ0v) is 13.8. The lowest BCUT2D eigenvalue weighted by Gasteiger charge is -2.09. The minimum atomic E-state index is -4.47. The lowest BCUT2D eigenvalue weighted by atomic mass is 10.1. The van der Waals surface area contributed by atoms with Gasteiger partial charge >= 0.3 is 6.18 Å². The summed E-state index contributed by atoms with van der Waals surface area (Å²) < 4.78 is 38.0. The molecule has 1 aromatic carbocycles. The van der Waals surface area contributed by atoms with E-state index >= 15 is 0 Å². The largest absolute Gasteiger partial charge is 0.416 e. The van der Waals surface area contributed by atoms with Crippen LogP contribution < -0.4 is 5.32 Å². The van der Waals surface area contributed by atoms with E-state index in [2.05, 4.69) is 20.5 Å². The summed E-state index contributed by atoms with van der Waals surface area (Å²) in [5.74, 6) is -0.249. The van der Waals surface area contributed by atoms with Crippen LogP contribution in [0.3, 0.4) is 0 Å². The van der Waals surface area contributed by atoms with E-state index in [4.69, 9.17) is 11.6 Å². The molecule has 0 fully saturated rings. The maximum atomic E-state index is 12.7. The van der Waals surface area contributed by atoms with E-state index in [1.807, 2.05) is 0 Å². The summed E-state index contributed by atoms with van der Waals surface area (Å²) in [7, 11) is 0. The zero-order chi connectivity index (χ0) is 18.0. The molecule has 5 nitrogen and oxygen atoms in total. The molecule has 2 heterocycles. The van der Waals surface area contributed by atoms with E-state index < -0.39 is 17.6 Å². The van der Waals surface area contributed by atoms with Crippen LogP contribution in [-0.4, -0.2) is 21.1 Å². The molecule has 0 radical (unpaired) electrons. The van der Waals surface area contributed by atoms with Crippen molar-refractivity contribution in [3.8, 4) is 11.3 Å². The Labute approximate surface area is 148 Å². The van der Waals surface area contributed by atoms with Gasteiger partial charge in [0.25, 0.3) is 5.91 Å². The van der Waals surface area contributed by atoms with Crippen LogP contribution in [0.15, 0.2) is 41.2 Å². The van der Waals surface area contributed by atoms with Gasteiger partial charge in [-0.2, -0.15) is 13.2 Å². The van der Waals surface area contributed by atoms with Crippen LogP contribution in [0.1, 0.15) is 16.1 Å². The standard InChI is InChI=1S/C15H8ClF3N4OS/c16-10-5-8(15(17,18)19)1-2-9(10)11-3-4-13(23-22-11)21-14(24)12-6-25-7-20-12/h1-7H,(H,21,23,24). The van der Waals surface area contributed by atoms with Gasteiger partial charge in [-0.05, 0) is 24.3 Å². The highest BCUT2D eigenvalue weighted by molar-refractivity contribution is 7.07. The molecule has 1 amide bonds. The number of rotatable bonds is 3. The van der Waals surface area contributed by atoms with Gasteiger partial charge in [0.05, 0.1) is 21.8 Å². The molecule has 0 spiro atoms. The Bertz CT molecular complexity index is 898. The molecule has 25 heavy (non-hydrogen) atoms. The summed E-state index contributed by atoms with van der Waals surface area (Å²) >= 11 is 7.20. The number of carbonyl (C=O) groups is 1. The van der Waals surface area contributed by atoms with Crippen molar-refractivity contribution < 1.29 is 18.0 Å². The predicted octanol–water partition coefficient (Wildman–Crippen LogP) is 4.52. The highest BCUT2D eigenvalue weighted by Crippen LogP contribution is 2.34. The van der Waals surface area contributed by atoms with Crippen molar-refractivity contribution in [2.45, 2.75) is 6.18 Å². The SMILES string of the molecule is O=C(Nc1ccc(-c2ccc(C(F)(F)F)cc2Cl)nn1)c1cscn1.